The molecule has 0 aliphatic carbocycles. The Morgan fingerprint density at radius 2 is 2.39 bits per heavy atom. The number of thiophene rings is 1. The third-order valence-electron chi connectivity index (χ3n) is 2.41. The van der Waals surface area contributed by atoms with Gasteiger partial charge in [0.25, 0.3) is 0 Å². The van der Waals surface area contributed by atoms with Gasteiger partial charge in [-0.15, -0.1) is 0 Å². The van der Waals surface area contributed by atoms with E-state index in [9.17, 15) is 10.1 Å². The minimum Gasteiger partial charge on any atom is -0.310 e. The van der Waals surface area contributed by atoms with Gasteiger partial charge in [0.15, 0.2) is 0 Å². The quantitative estimate of drug-likeness (QED) is 0.493. The van der Waals surface area contributed by atoms with Crippen LogP contribution in [0.4, 0.5) is 5.00 Å². The van der Waals surface area contributed by atoms with Crippen LogP contribution in [0.3, 0.4) is 0 Å². The third-order valence-corrected chi connectivity index (χ3v) is 3.44. The van der Waals surface area contributed by atoms with Crippen molar-refractivity contribution in [2.24, 2.45) is 0 Å². The number of nitro groups is 1. The summed E-state index contributed by atoms with van der Waals surface area (Å²) in [5.41, 5.74) is 1.14. The second-order valence-electron chi connectivity index (χ2n) is 3.95. The molecule has 0 bridgehead atoms. The number of hydrogen-bond acceptors (Lipinski definition) is 5. The summed E-state index contributed by atoms with van der Waals surface area (Å²) in [5.74, 6) is 0. The van der Waals surface area contributed by atoms with Crippen LogP contribution >= 0.6 is 11.3 Å². The largest absolute Gasteiger partial charge is 0.324 e. The van der Waals surface area contributed by atoms with E-state index in [0.29, 0.717) is 6.54 Å². The molecule has 0 radical (unpaired) electrons. The Morgan fingerprint density at radius 1 is 1.56 bits per heavy atom. The van der Waals surface area contributed by atoms with Gasteiger partial charge in [0.05, 0.1) is 17.7 Å². The summed E-state index contributed by atoms with van der Waals surface area (Å²) in [7, 11) is 0. The maximum atomic E-state index is 10.5. The fourth-order valence-electron chi connectivity index (χ4n) is 1.55. The van der Waals surface area contributed by atoms with Gasteiger partial charge in [-0.3, -0.25) is 14.8 Å². The van der Waals surface area contributed by atoms with E-state index in [2.05, 4.69) is 10.4 Å². The van der Waals surface area contributed by atoms with Crippen molar-refractivity contribution in [1.82, 2.24) is 15.1 Å². The maximum absolute atomic E-state index is 10.5. The van der Waals surface area contributed by atoms with E-state index in [1.165, 1.54) is 11.3 Å². The molecule has 0 aromatic carbocycles. The average molecular weight is 266 g/mol. The highest BCUT2D eigenvalue weighted by Gasteiger charge is 2.08. The lowest BCUT2D eigenvalue weighted by atomic mass is 10.4. The molecule has 0 saturated carbocycles. The van der Waals surface area contributed by atoms with E-state index in [1.807, 2.05) is 24.0 Å². The van der Waals surface area contributed by atoms with Crippen LogP contribution < -0.4 is 5.32 Å². The van der Waals surface area contributed by atoms with Crippen molar-refractivity contribution in [1.29, 1.82) is 0 Å². The summed E-state index contributed by atoms with van der Waals surface area (Å²) in [6, 6.07) is 3.33. The molecule has 2 rings (SSSR count). The zero-order valence-corrected chi connectivity index (χ0v) is 10.8. The first kappa shape index (κ1) is 12.7. The maximum Gasteiger partial charge on any atom is 0.324 e. The molecule has 6 nitrogen and oxygen atoms in total. The SMILES string of the molecule is Cc1cnn(CCNCc2ccc([N+](=O)[O-])s2)c1. The Kier molecular flexibility index (Phi) is 4.06. The van der Waals surface area contributed by atoms with E-state index in [-0.39, 0.29) is 9.92 Å². The normalized spacial score (nSPS) is 10.7. The van der Waals surface area contributed by atoms with Gasteiger partial charge in [0, 0.05) is 30.2 Å². The van der Waals surface area contributed by atoms with E-state index >= 15 is 0 Å². The van der Waals surface area contributed by atoms with Crippen molar-refractivity contribution in [2.75, 3.05) is 6.54 Å². The molecule has 96 valence electrons. The fourth-order valence-corrected chi connectivity index (χ4v) is 2.34. The monoisotopic (exact) mass is 266 g/mol. The molecule has 2 aromatic rings. The third kappa shape index (κ3) is 3.38. The first-order valence-corrected chi connectivity index (χ1v) is 6.39. The summed E-state index contributed by atoms with van der Waals surface area (Å²) in [6.07, 6.45) is 3.81. The van der Waals surface area contributed by atoms with Crippen LogP contribution in [0.15, 0.2) is 24.5 Å². The molecule has 0 atom stereocenters. The van der Waals surface area contributed by atoms with Crippen LogP contribution in [0.1, 0.15) is 10.4 Å². The zero-order valence-electron chi connectivity index (χ0n) is 10.00. The number of rotatable bonds is 6. The molecule has 0 spiro atoms. The number of aryl methyl sites for hydroxylation is 1. The average Bonchev–Trinajstić information content (AvgIpc) is 2.93. The summed E-state index contributed by atoms with van der Waals surface area (Å²) in [6.45, 7) is 4.23. The smallest absolute Gasteiger partial charge is 0.310 e. The first-order chi connectivity index (χ1) is 8.65. The summed E-state index contributed by atoms with van der Waals surface area (Å²) < 4.78 is 1.87. The predicted octanol–water partition coefficient (Wildman–Crippen LogP) is 1.95. The van der Waals surface area contributed by atoms with Gasteiger partial charge in [-0.25, -0.2) is 0 Å². The highest BCUT2D eigenvalue weighted by Crippen LogP contribution is 2.23. The van der Waals surface area contributed by atoms with Gasteiger partial charge in [-0.1, -0.05) is 11.3 Å². The van der Waals surface area contributed by atoms with E-state index in [4.69, 9.17) is 0 Å². The molecule has 18 heavy (non-hydrogen) atoms. The van der Waals surface area contributed by atoms with E-state index in [1.54, 1.807) is 12.1 Å². The van der Waals surface area contributed by atoms with Gasteiger partial charge < -0.3 is 5.32 Å². The molecular weight excluding hydrogens is 252 g/mol. The van der Waals surface area contributed by atoms with Gasteiger partial charge in [0.1, 0.15) is 0 Å². The van der Waals surface area contributed by atoms with Crippen LogP contribution in [-0.4, -0.2) is 21.2 Å². The molecule has 7 heteroatoms. The van der Waals surface area contributed by atoms with Crippen LogP contribution in [-0.2, 0) is 13.1 Å². The number of hydrogen-bond donors (Lipinski definition) is 1. The zero-order chi connectivity index (χ0) is 13.0. The number of nitrogens with zero attached hydrogens (tertiary/aromatic N) is 3. The molecule has 0 aliphatic heterocycles. The fraction of sp³-hybridized carbons (Fsp3) is 0.364. The Bertz CT molecular complexity index is 535. The lowest BCUT2D eigenvalue weighted by molar-refractivity contribution is -0.380. The van der Waals surface area contributed by atoms with Crippen LogP contribution in [0.2, 0.25) is 0 Å². The molecule has 1 N–H and O–H groups in total. The Balaban J connectivity index is 1.73. The summed E-state index contributed by atoms with van der Waals surface area (Å²) in [5, 5.41) is 18.1. The Morgan fingerprint density at radius 3 is 3.00 bits per heavy atom. The predicted molar refractivity (Wildman–Crippen MR) is 69.6 cm³/mol. The van der Waals surface area contributed by atoms with E-state index in [0.717, 1.165) is 23.5 Å². The Hall–Kier alpha value is -1.73. The van der Waals surface area contributed by atoms with Crippen LogP contribution in [0, 0.1) is 17.0 Å². The molecule has 0 aliphatic rings. The van der Waals surface area contributed by atoms with Crippen molar-refractivity contribution in [3.05, 3.63) is 45.1 Å². The van der Waals surface area contributed by atoms with Gasteiger partial charge in [-0.05, 0) is 18.6 Å². The molecule has 0 saturated heterocycles. The van der Waals surface area contributed by atoms with Crippen LogP contribution in [0.25, 0.3) is 0 Å². The van der Waals surface area contributed by atoms with Crippen molar-refractivity contribution in [3.8, 4) is 0 Å². The molecular formula is C11H14N4O2S. The Labute approximate surface area is 108 Å². The minimum atomic E-state index is -0.360. The molecule has 2 aromatic heterocycles. The highest BCUT2D eigenvalue weighted by molar-refractivity contribution is 7.15. The van der Waals surface area contributed by atoms with Crippen molar-refractivity contribution in [2.45, 2.75) is 20.0 Å². The second kappa shape index (κ2) is 5.74. The second-order valence-corrected chi connectivity index (χ2v) is 5.10. The number of aromatic nitrogens is 2. The van der Waals surface area contributed by atoms with Crippen molar-refractivity contribution >= 4 is 16.3 Å². The topological polar surface area (TPSA) is 73.0 Å². The van der Waals surface area contributed by atoms with Gasteiger partial charge in [0.2, 0.25) is 0 Å². The van der Waals surface area contributed by atoms with Gasteiger partial charge in [-0.2, -0.15) is 5.10 Å². The molecule has 0 amide bonds. The van der Waals surface area contributed by atoms with E-state index < -0.39 is 0 Å². The first-order valence-electron chi connectivity index (χ1n) is 5.58. The summed E-state index contributed by atoms with van der Waals surface area (Å²) in [4.78, 5) is 11.1. The lowest BCUT2D eigenvalue weighted by Gasteiger charge is -2.02. The number of nitrogens with one attached hydrogen (secondary N) is 1. The van der Waals surface area contributed by atoms with Gasteiger partial charge >= 0.3 is 5.00 Å². The highest BCUT2D eigenvalue weighted by atomic mass is 32.1. The van der Waals surface area contributed by atoms with Crippen LogP contribution in [0.5, 0.6) is 0 Å². The summed E-state index contributed by atoms with van der Waals surface area (Å²) >= 11 is 1.21. The standard InChI is InChI=1S/C11H14N4O2S/c1-9-6-13-14(8-9)5-4-12-7-10-2-3-11(18-10)15(16)17/h2-3,6,8,12H,4-5,7H2,1H3. The minimum absolute atomic E-state index is 0.189. The van der Waals surface area contributed by atoms with Crippen molar-refractivity contribution in [3.63, 3.8) is 0 Å². The van der Waals surface area contributed by atoms with Crippen molar-refractivity contribution < 1.29 is 4.92 Å². The molecule has 2 heterocycles. The lowest BCUT2D eigenvalue weighted by Crippen LogP contribution is -2.19. The molecule has 0 unspecified atom stereocenters. The molecule has 0 fully saturated rings.